The van der Waals surface area contributed by atoms with Crippen LogP contribution in [0.1, 0.15) is 34.6 Å². The summed E-state index contributed by atoms with van der Waals surface area (Å²) in [4.78, 5) is 31.1. The number of aryl methyl sites for hydroxylation is 2. The number of H-pyrrole nitrogens is 1. The second-order valence-electron chi connectivity index (χ2n) is 6.90. The summed E-state index contributed by atoms with van der Waals surface area (Å²) in [5.41, 5.74) is 4.02. The lowest BCUT2D eigenvalue weighted by Crippen LogP contribution is -2.23. The molecule has 3 rings (SSSR count). The lowest BCUT2D eigenvalue weighted by atomic mass is 10.1. The van der Waals surface area contributed by atoms with Crippen molar-refractivity contribution in [2.45, 2.75) is 40.2 Å². The van der Waals surface area contributed by atoms with Crippen LogP contribution < -0.4 is 15.6 Å². The highest BCUT2D eigenvalue weighted by Crippen LogP contribution is 2.17. The second kappa shape index (κ2) is 8.72. The SMILES string of the molecule is COc1cccc(CNC(=O)CCc2c(C)nn(-c3nc(C)cc(=O)[nH]3)c2C)c1. The predicted molar refractivity (Wildman–Crippen MR) is 109 cm³/mol. The molecule has 0 fully saturated rings. The van der Waals surface area contributed by atoms with Crippen molar-refractivity contribution in [2.75, 3.05) is 7.11 Å². The molecule has 0 radical (unpaired) electrons. The molecule has 8 nitrogen and oxygen atoms in total. The fourth-order valence-corrected chi connectivity index (χ4v) is 3.22. The molecule has 0 saturated heterocycles. The molecule has 1 amide bonds. The second-order valence-corrected chi connectivity index (χ2v) is 6.90. The molecule has 0 atom stereocenters. The van der Waals surface area contributed by atoms with Gasteiger partial charge in [0.05, 0.1) is 12.8 Å². The van der Waals surface area contributed by atoms with Crippen molar-refractivity contribution >= 4 is 5.91 Å². The van der Waals surface area contributed by atoms with E-state index in [-0.39, 0.29) is 11.5 Å². The molecule has 152 valence electrons. The van der Waals surface area contributed by atoms with Gasteiger partial charge in [0.2, 0.25) is 11.9 Å². The van der Waals surface area contributed by atoms with E-state index in [1.54, 1.807) is 18.7 Å². The van der Waals surface area contributed by atoms with Gasteiger partial charge < -0.3 is 10.1 Å². The Morgan fingerprint density at radius 1 is 1.24 bits per heavy atom. The van der Waals surface area contributed by atoms with Crippen LogP contribution in [0.4, 0.5) is 0 Å². The van der Waals surface area contributed by atoms with Crippen LogP contribution in [-0.4, -0.2) is 32.8 Å². The van der Waals surface area contributed by atoms with Crippen molar-refractivity contribution in [3.05, 3.63) is 68.9 Å². The van der Waals surface area contributed by atoms with E-state index in [1.165, 1.54) is 6.07 Å². The molecule has 2 N–H and O–H groups in total. The molecule has 0 aliphatic heterocycles. The van der Waals surface area contributed by atoms with E-state index in [9.17, 15) is 9.59 Å². The van der Waals surface area contributed by atoms with Crippen LogP contribution in [0.3, 0.4) is 0 Å². The van der Waals surface area contributed by atoms with Gasteiger partial charge in [0.1, 0.15) is 5.75 Å². The van der Waals surface area contributed by atoms with Crippen LogP contribution >= 0.6 is 0 Å². The first-order chi connectivity index (χ1) is 13.9. The number of aromatic nitrogens is 4. The molecule has 2 heterocycles. The molecule has 1 aromatic carbocycles. The highest BCUT2D eigenvalue weighted by atomic mass is 16.5. The normalized spacial score (nSPS) is 10.8. The van der Waals surface area contributed by atoms with E-state index >= 15 is 0 Å². The van der Waals surface area contributed by atoms with Crippen LogP contribution in [0.15, 0.2) is 35.1 Å². The van der Waals surface area contributed by atoms with Crippen LogP contribution in [0.5, 0.6) is 5.75 Å². The quantitative estimate of drug-likeness (QED) is 0.638. The number of nitrogens with one attached hydrogen (secondary N) is 2. The number of carbonyl (C=O) groups excluding carboxylic acids is 1. The standard InChI is InChI=1S/C21H25N5O3/c1-13-10-20(28)24-21(23-13)26-15(3)18(14(2)25-26)8-9-19(27)22-12-16-6-5-7-17(11-16)29-4/h5-7,10-11H,8-9,12H2,1-4H3,(H,22,27)(H,23,24,28). The number of methoxy groups -OCH3 is 1. The summed E-state index contributed by atoms with van der Waals surface area (Å²) in [6.45, 7) is 6.01. The first-order valence-corrected chi connectivity index (χ1v) is 9.40. The number of carbonyl (C=O) groups is 1. The highest BCUT2D eigenvalue weighted by Gasteiger charge is 2.15. The Balaban J connectivity index is 1.65. The summed E-state index contributed by atoms with van der Waals surface area (Å²) in [7, 11) is 1.62. The average Bonchev–Trinajstić information content (AvgIpc) is 2.98. The lowest BCUT2D eigenvalue weighted by Gasteiger charge is -2.08. The van der Waals surface area contributed by atoms with E-state index < -0.39 is 0 Å². The Bertz CT molecular complexity index is 1080. The largest absolute Gasteiger partial charge is 0.497 e. The molecular weight excluding hydrogens is 370 g/mol. The minimum atomic E-state index is -0.224. The maximum absolute atomic E-state index is 12.3. The zero-order valence-corrected chi connectivity index (χ0v) is 17.1. The van der Waals surface area contributed by atoms with Gasteiger partial charge in [-0.15, -0.1) is 0 Å². The monoisotopic (exact) mass is 395 g/mol. The summed E-state index contributed by atoms with van der Waals surface area (Å²) in [5, 5.41) is 7.42. The smallest absolute Gasteiger partial charge is 0.252 e. The van der Waals surface area contributed by atoms with E-state index in [2.05, 4.69) is 20.4 Å². The number of aromatic amines is 1. The number of rotatable bonds is 7. The summed E-state index contributed by atoms with van der Waals surface area (Å²) in [6.07, 6.45) is 0.896. The Hall–Kier alpha value is -3.42. The van der Waals surface area contributed by atoms with Crippen molar-refractivity contribution in [2.24, 2.45) is 0 Å². The van der Waals surface area contributed by atoms with Crippen molar-refractivity contribution < 1.29 is 9.53 Å². The van der Waals surface area contributed by atoms with Crippen LogP contribution in [-0.2, 0) is 17.8 Å². The van der Waals surface area contributed by atoms with E-state index in [0.717, 1.165) is 28.3 Å². The predicted octanol–water partition coefficient (Wildman–Crippen LogP) is 2.14. The van der Waals surface area contributed by atoms with Crippen molar-refractivity contribution in [1.82, 2.24) is 25.1 Å². The first kappa shape index (κ1) is 20.3. The number of hydrogen-bond acceptors (Lipinski definition) is 5. The van der Waals surface area contributed by atoms with Crippen molar-refractivity contribution in [3.63, 3.8) is 0 Å². The number of amides is 1. The van der Waals surface area contributed by atoms with Gasteiger partial charge >= 0.3 is 0 Å². The molecule has 3 aromatic rings. The Morgan fingerprint density at radius 3 is 2.76 bits per heavy atom. The maximum Gasteiger partial charge on any atom is 0.252 e. The molecule has 0 aliphatic rings. The summed E-state index contributed by atoms with van der Waals surface area (Å²) >= 11 is 0. The minimum Gasteiger partial charge on any atom is -0.497 e. The topological polar surface area (TPSA) is 102 Å². The third-order valence-corrected chi connectivity index (χ3v) is 4.72. The van der Waals surface area contributed by atoms with Gasteiger partial charge in [-0.2, -0.15) is 5.10 Å². The Kier molecular flexibility index (Phi) is 6.11. The number of ether oxygens (including phenoxy) is 1. The highest BCUT2D eigenvalue weighted by molar-refractivity contribution is 5.76. The van der Waals surface area contributed by atoms with Gasteiger partial charge in [0.15, 0.2) is 0 Å². The summed E-state index contributed by atoms with van der Waals surface area (Å²) in [6, 6.07) is 9.03. The van der Waals surface area contributed by atoms with Gasteiger partial charge in [0, 0.05) is 30.4 Å². The fraction of sp³-hybridized carbons (Fsp3) is 0.333. The first-order valence-electron chi connectivity index (χ1n) is 9.40. The van der Waals surface area contributed by atoms with Gasteiger partial charge in [-0.25, -0.2) is 9.67 Å². The van der Waals surface area contributed by atoms with Gasteiger partial charge in [0.25, 0.3) is 5.56 Å². The van der Waals surface area contributed by atoms with Gasteiger partial charge in [-0.1, -0.05) is 12.1 Å². The summed E-state index contributed by atoms with van der Waals surface area (Å²) in [5.74, 6) is 1.10. The van der Waals surface area contributed by atoms with Crippen molar-refractivity contribution in [1.29, 1.82) is 0 Å². The molecule has 0 aliphatic carbocycles. The average molecular weight is 395 g/mol. The van der Waals surface area contributed by atoms with E-state index in [0.29, 0.717) is 31.0 Å². The van der Waals surface area contributed by atoms with E-state index in [1.807, 2.05) is 38.1 Å². The van der Waals surface area contributed by atoms with Crippen molar-refractivity contribution in [3.8, 4) is 11.7 Å². The Labute approximate surface area is 168 Å². The number of nitrogens with zero attached hydrogens (tertiary/aromatic N) is 3. The zero-order chi connectivity index (χ0) is 21.0. The van der Waals surface area contributed by atoms with E-state index in [4.69, 9.17) is 4.74 Å². The Morgan fingerprint density at radius 2 is 2.03 bits per heavy atom. The van der Waals surface area contributed by atoms with Gasteiger partial charge in [-0.05, 0) is 50.5 Å². The molecular formula is C21H25N5O3. The maximum atomic E-state index is 12.3. The third-order valence-electron chi connectivity index (χ3n) is 4.72. The minimum absolute atomic E-state index is 0.0403. The van der Waals surface area contributed by atoms with Gasteiger partial charge in [-0.3, -0.25) is 14.6 Å². The molecule has 8 heteroatoms. The van der Waals surface area contributed by atoms with Crippen LogP contribution in [0.2, 0.25) is 0 Å². The number of benzene rings is 1. The third kappa shape index (κ3) is 4.90. The van der Waals surface area contributed by atoms with Crippen LogP contribution in [0, 0.1) is 20.8 Å². The molecule has 2 aromatic heterocycles. The summed E-state index contributed by atoms with van der Waals surface area (Å²) < 4.78 is 6.82. The molecule has 0 unspecified atom stereocenters. The molecule has 0 spiro atoms. The molecule has 0 saturated carbocycles. The molecule has 29 heavy (non-hydrogen) atoms. The molecule has 0 bridgehead atoms. The fourth-order valence-electron chi connectivity index (χ4n) is 3.22. The zero-order valence-electron chi connectivity index (χ0n) is 17.1. The lowest BCUT2D eigenvalue weighted by molar-refractivity contribution is -0.121. The number of hydrogen-bond donors (Lipinski definition) is 2. The van der Waals surface area contributed by atoms with Crippen LogP contribution in [0.25, 0.3) is 5.95 Å².